The summed E-state index contributed by atoms with van der Waals surface area (Å²) in [5.41, 5.74) is 1.07. The van der Waals surface area contributed by atoms with Crippen molar-refractivity contribution in [2.24, 2.45) is 0 Å². The van der Waals surface area contributed by atoms with Crippen LogP contribution in [-0.2, 0) is 4.74 Å². The van der Waals surface area contributed by atoms with E-state index in [1.807, 2.05) is 19.3 Å². The predicted octanol–water partition coefficient (Wildman–Crippen LogP) is 1.74. The van der Waals surface area contributed by atoms with Crippen molar-refractivity contribution in [2.45, 2.75) is 26.3 Å². The molecule has 0 saturated carbocycles. The molecule has 0 bridgehead atoms. The highest BCUT2D eigenvalue weighted by atomic mass is 16.5. The second-order valence-electron chi connectivity index (χ2n) is 3.85. The zero-order chi connectivity index (χ0) is 11.4. The number of nitrogens with zero attached hydrogens (tertiary/aromatic N) is 2. The van der Waals surface area contributed by atoms with Gasteiger partial charge in [0, 0.05) is 18.8 Å². The zero-order valence-corrected chi connectivity index (χ0v) is 9.73. The van der Waals surface area contributed by atoms with E-state index in [2.05, 4.69) is 28.3 Å². The highest BCUT2D eigenvalue weighted by Gasteiger charge is 2.22. The Labute approximate surface area is 95.8 Å². The van der Waals surface area contributed by atoms with Crippen molar-refractivity contribution < 1.29 is 4.74 Å². The Balaban J connectivity index is 2.21. The Kier molecular flexibility index (Phi) is 3.51. The first-order valence-corrected chi connectivity index (χ1v) is 5.66. The van der Waals surface area contributed by atoms with Gasteiger partial charge in [0.05, 0.1) is 6.61 Å². The summed E-state index contributed by atoms with van der Waals surface area (Å²) in [5.74, 6) is 1.73. The molecular weight excluding hydrogens is 202 g/mol. The van der Waals surface area contributed by atoms with Crippen LogP contribution in [0.5, 0.6) is 0 Å². The number of hydrogen-bond acceptors (Lipinski definition) is 4. The predicted molar refractivity (Wildman–Crippen MR) is 61.8 cm³/mol. The van der Waals surface area contributed by atoms with Crippen LogP contribution < -0.4 is 5.32 Å². The summed E-state index contributed by atoms with van der Waals surface area (Å²) in [6, 6.07) is -0.00639. The highest BCUT2D eigenvalue weighted by molar-refractivity contribution is 5.16. The van der Waals surface area contributed by atoms with E-state index in [0.29, 0.717) is 0 Å². The van der Waals surface area contributed by atoms with Gasteiger partial charge in [0.25, 0.3) is 0 Å². The van der Waals surface area contributed by atoms with Gasteiger partial charge in [0.2, 0.25) is 0 Å². The Morgan fingerprint density at radius 2 is 2.19 bits per heavy atom. The molecular formula is C12H17N3O. The van der Waals surface area contributed by atoms with Crippen LogP contribution in [-0.4, -0.2) is 23.1 Å². The van der Waals surface area contributed by atoms with Crippen molar-refractivity contribution in [2.75, 3.05) is 13.2 Å². The maximum absolute atomic E-state index is 5.57. The first-order chi connectivity index (χ1) is 7.81. The second-order valence-corrected chi connectivity index (χ2v) is 3.85. The standard InChI is InChI=1S/C12H17N3O/c1-3-13-11(10-5-4-6-16-10)12-14-7-9(2)8-15-12/h5,7-8,11,13H,3-4,6H2,1-2H3. The molecule has 2 rings (SSSR count). The van der Waals surface area contributed by atoms with Gasteiger partial charge < -0.3 is 10.1 Å². The molecule has 2 heterocycles. The molecule has 0 saturated heterocycles. The highest BCUT2D eigenvalue weighted by Crippen LogP contribution is 2.23. The number of nitrogens with one attached hydrogen (secondary N) is 1. The first kappa shape index (κ1) is 11.1. The summed E-state index contributed by atoms with van der Waals surface area (Å²) in [7, 11) is 0. The SMILES string of the molecule is CCNC(C1=CCCO1)c1ncc(C)cn1. The fraction of sp³-hybridized carbons (Fsp3) is 0.500. The lowest BCUT2D eigenvalue weighted by Gasteiger charge is -2.17. The van der Waals surface area contributed by atoms with Gasteiger partial charge in [-0.3, -0.25) is 0 Å². The van der Waals surface area contributed by atoms with Crippen LogP contribution in [0.25, 0.3) is 0 Å². The zero-order valence-electron chi connectivity index (χ0n) is 9.73. The maximum atomic E-state index is 5.57. The summed E-state index contributed by atoms with van der Waals surface area (Å²) in [4.78, 5) is 8.69. The molecule has 0 aromatic carbocycles. The van der Waals surface area contributed by atoms with Crippen molar-refractivity contribution in [3.05, 3.63) is 35.6 Å². The molecule has 1 unspecified atom stereocenters. The van der Waals surface area contributed by atoms with E-state index in [1.165, 1.54) is 0 Å². The van der Waals surface area contributed by atoms with E-state index in [4.69, 9.17) is 4.74 Å². The third-order valence-corrected chi connectivity index (χ3v) is 2.48. The number of aromatic nitrogens is 2. The number of rotatable bonds is 4. The number of likely N-dealkylation sites (N-methyl/N-ethyl adjacent to an activating group) is 1. The van der Waals surface area contributed by atoms with Crippen LogP contribution in [0.1, 0.15) is 30.8 Å². The normalized spacial score (nSPS) is 16.8. The second kappa shape index (κ2) is 5.07. The van der Waals surface area contributed by atoms with E-state index in [1.54, 1.807) is 0 Å². The van der Waals surface area contributed by atoms with Gasteiger partial charge in [-0.25, -0.2) is 9.97 Å². The molecule has 1 aliphatic rings. The van der Waals surface area contributed by atoms with Crippen molar-refractivity contribution >= 4 is 0 Å². The molecule has 1 aliphatic heterocycles. The maximum Gasteiger partial charge on any atom is 0.152 e. The van der Waals surface area contributed by atoms with Gasteiger partial charge >= 0.3 is 0 Å². The van der Waals surface area contributed by atoms with Gasteiger partial charge in [0.1, 0.15) is 11.8 Å². The third-order valence-electron chi connectivity index (χ3n) is 2.48. The number of hydrogen-bond donors (Lipinski definition) is 1. The fourth-order valence-electron chi connectivity index (χ4n) is 1.71. The van der Waals surface area contributed by atoms with Crippen LogP contribution >= 0.6 is 0 Å². The smallest absolute Gasteiger partial charge is 0.152 e. The molecule has 4 heteroatoms. The molecule has 0 amide bonds. The first-order valence-electron chi connectivity index (χ1n) is 5.66. The lowest BCUT2D eigenvalue weighted by atomic mass is 10.2. The molecule has 0 radical (unpaired) electrons. The van der Waals surface area contributed by atoms with Crippen molar-refractivity contribution in [1.29, 1.82) is 0 Å². The topological polar surface area (TPSA) is 47.0 Å². The summed E-state index contributed by atoms with van der Waals surface area (Å²) in [6.45, 7) is 5.68. The van der Waals surface area contributed by atoms with Gasteiger partial charge in [-0.1, -0.05) is 6.92 Å². The Morgan fingerprint density at radius 3 is 2.75 bits per heavy atom. The van der Waals surface area contributed by atoms with E-state index in [9.17, 15) is 0 Å². The molecule has 0 fully saturated rings. The van der Waals surface area contributed by atoms with Gasteiger partial charge in [-0.15, -0.1) is 0 Å². The lowest BCUT2D eigenvalue weighted by molar-refractivity contribution is 0.213. The fourth-order valence-corrected chi connectivity index (χ4v) is 1.71. The molecule has 1 aromatic rings. The average molecular weight is 219 g/mol. The summed E-state index contributed by atoms with van der Waals surface area (Å²) in [5, 5.41) is 3.34. The van der Waals surface area contributed by atoms with Crippen LogP contribution in [0.4, 0.5) is 0 Å². The molecule has 86 valence electrons. The monoisotopic (exact) mass is 219 g/mol. The minimum Gasteiger partial charge on any atom is -0.496 e. The molecule has 1 aromatic heterocycles. The third kappa shape index (κ3) is 2.39. The number of aryl methyl sites for hydroxylation is 1. The van der Waals surface area contributed by atoms with Gasteiger partial charge in [-0.05, 0) is 25.1 Å². The van der Waals surface area contributed by atoms with E-state index >= 15 is 0 Å². The van der Waals surface area contributed by atoms with Crippen molar-refractivity contribution in [3.8, 4) is 0 Å². The largest absolute Gasteiger partial charge is 0.496 e. The van der Waals surface area contributed by atoms with Crippen molar-refractivity contribution in [1.82, 2.24) is 15.3 Å². The Morgan fingerprint density at radius 1 is 1.44 bits per heavy atom. The molecule has 1 atom stereocenters. The quantitative estimate of drug-likeness (QED) is 0.838. The van der Waals surface area contributed by atoms with Gasteiger partial charge in [0.15, 0.2) is 5.82 Å². The molecule has 1 N–H and O–H groups in total. The average Bonchev–Trinajstić information content (AvgIpc) is 2.81. The summed E-state index contributed by atoms with van der Waals surface area (Å²) < 4.78 is 5.57. The van der Waals surface area contributed by atoms with Gasteiger partial charge in [-0.2, -0.15) is 0 Å². The Hall–Kier alpha value is -1.42. The minimum atomic E-state index is -0.00639. The molecule has 4 nitrogen and oxygen atoms in total. The molecule has 0 spiro atoms. The van der Waals surface area contributed by atoms with Crippen LogP contribution in [0.15, 0.2) is 24.2 Å². The Bertz CT molecular complexity index is 372. The summed E-state index contributed by atoms with van der Waals surface area (Å²) >= 11 is 0. The molecule has 16 heavy (non-hydrogen) atoms. The van der Waals surface area contributed by atoms with E-state index in [0.717, 1.165) is 36.7 Å². The number of ether oxygens (including phenoxy) is 1. The van der Waals surface area contributed by atoms with Crippen molar-refractivity contribution in [3.63, 3.8) is 0 Å². The minimum absolute atomic E-state index is 0.00639. The van der Waals surface area contributed by atoms with Crippen LogP contribution in [0, 0.1) is 6.92 Å². The summed E-state index contributed by atoms with van der Waals surface area (Å²) in [6.07, 6.45) is 6.75. The lowest BCUT2D eigenvalue weighted by Crippen LogP contribution is -2.25. The molecule has 0 aliphatic carbocycles. The van der Waals surface area contributed by atoms with E-state index < -0.39 is 0 Å². The van der Waals surface area contributed by atoms with Crippen LogP contribution in [0.3, 0.4) is 0 Å². The van der Waals surface area contributed by atoms with Crippen LogP contribution in [0.2, 0.25) is 0 Å². The van der Waals surface area contributed by atoms with E-state index in [-0.39, 0.29) is 6.04 Å².